The van der Waals surface area contributed by atoms with Crippen LogP contribution in [0.2, 0.25) is 0 Å². The fourth-order valence-corrected chi connectivity index (χ4v) is 1.59. The SMILES string of the molecule is COc1ccc(NC(=O)C(C)CN)cc1-n1cnnn1. The third-order valence-corrected chi connectivity index (χ3v) is 2.84. The van der Waals surface area contributed by atoms with Gasteiger partial charge in [-0.25, -0.2) is 0 Å². The van der Waals surface area contributed by atoms with Crippen LogP contribution in [0.15, 0.2) is 24.5 Å². The number of nitrogens with two attached hydrogens (primary N) is 1. The number of benzene rings is 1. The van der Waals surface area contributed by atoms with Crippen LogP contribution in [0.5, 0.6) is 5.75 Å². The third-order valence-electron chi connectivity index (χ3n) is 2.84. The Hall–Kier alpha value is -2.48. The van der Waals surface area contributed by atoms with Gasteiger partial charge < -0.3 is 15.8 Å². The van der Waals surface area contributed by atoms with Gasteiger partial charge in [-0.05, 0) is 28.6 Å². The number of carbonyl (C=O) groups is 1. The van der Waals surface area contributed by atoms with Crippen molar-refractivity contribution in [1.82, 2.24) is 20.2 Å². The van der Waals surface area contributed by atoms with Crippen LogP contribution in [0.25, 0.3) is 5.69 Å². The minimum Gasteiger partial charge on any atom is -0.494 e. The molecule has 0 aliphatic rings. The molecule has 106 valence electrons. The quantitative estimate of drug-likeness (QED) is 0.808. The first-order valence-corrected chi connectivity index (χ1v) is 6.08. The minimum absolute atomic E-state index is 0.139. The van der Waals surface area contributed by atoms with E-state index in [1.54, 1.807) is 32.2 Å². The van der Waals surface area contributed by atoms with Gasteiger partial charge in [-0.1, -0.05) is 6.92 Å². The van der Waals surface area contributed by atoms with E-state index in [1.807, 2.05) is 0 Å². The van der Waals surface area contributed by atoms with Gasteiger partial charge in [0.25, 0.3) is 0 Å². The molecule has 1 aromatic heterocycles. The summed E-state index contributed by atoms with van der Waals surface area (Å²) >= 11 is 0. The highest BCUT2D eigenvalue weighted by Gasteiger charge is 2.13. The normalized spacial score (nSPS) is 11.9. The van der Waals surface area contributed by atoms with E-state index in [-0.39, 0.29) is 11.8 Å². The van der Waals surface area contributed by atoms with Gasteiger partial charge in [-0.3, -0.25) is 4.79 Å². The second-order valence-corrected chi connectivity index (χ2v) is 4.27. The minimum atomic E-state index is -0.256. The Balaban J connectivity index is 2.29. The fraction of sp³-hybridized carbons (Fsp3) is 0.333. The molecule has 1 aromatic carbocycles. The van der Waals surface area contributed by atoms with Gasteiger partial charge >= 0.3 is 0 Å². The summed E-state index contributed by atoms with van der Waals surface area (Å²) in [6.45, 7) is 2.06. The standard InChI is InChI=1S/C12H16N6O2/c1-8(6-13)12(19)15-9-3-4-11(20-2)10(5-9)18-7-14-16-17-18/h3-5,7-8H,6,13H2,1-2H3,(H,15,19). The van der Waals surface area contributed by atoms with E-state index in [0.717, 1.165) is 0 Å². The number of hydrogen-bond donors (Lipinski definition) is 2. The summed E-state index contributed by atoms with van der Waals surface area (Å²) < 4.78 is 6.71. The Morgan fingerprint density at radius 2 is 2.35 bits per heavy atom. The smallest absolute Gasteiger partial charge is 0.228 e. The fourth-order valence-electron chi connectivity index (χ4n) is 1.59. The summed E-state index contributed by atoms with van der Waals surface area (Å²) in [5.74, 6) is 0.205. The molecule has 1 heterocycles. The monoisotopic (exact) mass is 276 g/mol. The number of amides is 1. The molecule has 1 unspecified atom stereocenters. The second kappa shape index (κ2) is 6.11. The number of nitrogens with zero attached hydrogens (tertiary/aromatic N) is 4. The lowest BCUT2D eigenvalue weighted by Crippen LogP contribution is -2.26. The molecule has 1 atom stereocenters. The van der Waals surface area contributed by atoms with Crippen molar-refractivity contribution in [1.29, 1.82) is 0 Å². The van der Waals surface area contributed by atoms with Gasteiger partial charge in [0.2, 0.25) is 5.91 Å². The van der Waals surface area contributed by atoms with Crippen LogP contribution < -0.4 is 15.8 Å². The molecule has 0 fully saturated rings. The van der Waals surface area contributed by atoms with Crippen LogP contribution in [-0.4, -0.2) is 39.8 Å². The van der Waals surface area contributed by atoms with Gasteiger partial charge in [0.1, 0.15) is 17.8 Å². The molecule has 1 amide bonds. The van der Waals surface area contributed by atoms with Gasteiger partial charge in [0.15, 0.2) is 0 Å². The molecule has 8 heteroatoms. The molecular formula is C12H16N6O2. The average Bonchev–Trinajstić information content (AvgIpc) is 3.00. The van der Waals surface area contributed by atoms with Crippen LogP contribution in [0.3, 0.4) is 0 Å². The summed E-state index contributed by atoms with van der Waals surface area (Å²) in [4.78, 5) is 11.8. The maximum Gasteiger partial charge on any atom is 0.228 e. The summed E-state index contributed by atoms with van der Waals surface area (Å²) in [6, 6.07) is 5.21. The van der Waals surface area contributed by atoms with Gasteiger partial charge in [-0.2, -0.15) is 4.68 Å². The molecule has 20 heavy (non-hydrogen) atoms. The Bertz CT molecular complexity index is 584. The molecule has 2 rings (SSSR count). The highest BCUT2D eigenvalue weighted by molar-refractivity contribution is 5.92. The highest BCUT2D eigenvalue weighted by Crippen LogP contribution is 2.25. The second-order valence-electron chi connectivity index (χ2n) is 4.27. The van der Waals surface area contributed by atoms with E-state index in [0.29, 0.717) is 23.7 Å². The number of aromatic nitrogens is 4. The number of methoxy groups -OCH3 is 1. The van der Waals surface area contributed by atoms with E-state index >= 15 is 0 Å². The van der Waals surface area contributed by atoms with Gasteiger partial charge in [0.05, 0.1) is 7.11 Å². The first kappa shape index (κ1) is 13.9. The summed E-state index contributed by atoms with van der Waals surface area (Å²) in [6.07, 6.45) is 1.45. The molecule has 3 N–H and O–H groups in total. The van der Waals surface area contributed by atoms with Crippen LogP contribution in [0.1, 0.15) is 6.92 Å². The summed E-state index contributed by atoms with van der Waals surface area (Å²) in [5.41, 5.74) is 6.73. The van der Waals surface area contributed by atoms with Crippen molar-refractivity contribution >= 4 is 11.6 Å². The molecule has 0 spiro atoms. The number of anilines is 1. The van der Waals surface area contributed by atoms with Crippen molar-refractivity contribution in [3.05, 3.63) is 24.5 Å². The van der Waals surface area contributed by atoms with E-state index in [1.165, 1.54) is 11.0 Å². The van der Waals surface area contributed by atoms with Crippen LogP contribution in [0, 0.1) is 5.92 Å². The van der Waals surface area contributed by atoms with Crippen LogP contribution in [0.4, 0.5) is 5.69 Å². The van der Waals surface area contributed by atoms with Crippen molar-refractivity contribution in [2.45, 2.75) is 6.92 Å². The van der Waals surface area contributed by atoms with E-state index in [9.17, 15) is 4.79 Å². The van der Waals surface area contributed by atoms with Gasteiger partial charge in [-0.15, -0.1) is 5.10 Å². The van der Waals surface area contributed by atoms with E-state index in [4.69, 9.17) is 10.5 Å². The number of nitrogens with one attached hydrogen (secondary N) is 1. The largest absolute Gasteiger partial charge is 0.494 e. The van der Waals surface area contributed by atoms with Gasteiger partial charge in [0, 0.05) is 18.2 Å². The third kappa shape index (κ3) is 2.91. The average molecular weight is 276 g/mol. The number of carbonyl (C=O) groups excluding carboxylic acids is 1. The van der Waals surface area contributed by atoms with E-state index in [2.05, 4.69) is 20.8 Å². The lowest BCUT2D eigenvalue weighted by Gasteiger charge is -2.13. The Morgan fingerprint density at radius 1 is 1.55 bits per heavy atom. The zero-order valence-corrected chi connectivity index (χ0v) is 11.3. The summed E-state index contributed by atoms with van der Waals surface area (Å²) in [7, 11) is 1.55. The van der Waals surface area contributed by atoms with Crippen molar-refractivity contribution in [3.8, 4) is 11.4 Å². The topological polar surface area (TPSA) is 108 Å². The number of ether oxygens (including phenoxy) is 1. The highest BCUT2D eigenvalue weighted by atomic mass is 16.5. The van der Waals surface area contributed by atoms with E-state index < -0.39 is 0 Å². The number of hydrogen-bond acceptors (Lipinski definition) is 6. The Labute approximate surface area is 115 Å². The van der Waals surface area contributed by atoms with Crippen LogP contribution in [-0.2, 0) is 4.79 Å². The molecule has 0 saturated heterocycles. The zero-order chi connectivity index (χ0) is 14.5. The van der Waals surface area contributed by atoms with Crippen LogP contribution >= 0.6 is 0 Å². The number of tetrazole rings is 1. The molecule has 0 aliphatic carbocycles. The predicted octanol–water partition coefficient (Wildman–Crippen LogP) is 0.204. The molecule has 0 saturated carbocycles. The maximum atomic E-state index is 11.8. The van der Waals surface area contributed by atoms with Crippen molar-refractivity contribution < 1.29 is 9.53 Å². The lowest BCUT2D eigenvalue weighted by molar-refractivity contribution is -0.119. The lowest BCUT2D eigenvalue weighted by atomic mass is 10.1. The first-order valence-electron chi connectivity index (χ1n) is 6.08. The molecule has 8 nitrogen and oxygen atoms in total. The molecule has 0 aliphatic heterocycles. The van der Waals surface area contributed by atoms with Crippen molar-refractivity contribution in [2.24, 2.45) is 11.7 Å². The Morgan fingerprint density at radius 3 is 2.95 bits per heavy atom. The number of rotatable bonds is 5. The molecule has 2 aromatic rings. The summed E-state index contributed by atoms with van der Waals surface area (Å²) in [5, 5.41) is 13.8. The maximum absolute atomic E-state index is 11.8. The first-order chi connectivity index (χ1) is 9.65. The zero-order valence-electron chi connectivity index (χ0n) is 11.3. The van der Waals surface area contributed by atoms with Crippen molar-refractivity contribution in [2.75, 3.05) is 19.0 Å². The molecular weight excluding hydrogens is 260 g/mol. The molecule has 0 radical (unpaired) electrons. The van der Waals surface area contributed by atoms with Crippen molar-refractivity contribution in [3.63, 3.8) is 0 Å². The predicted molar refractivity (Wildman–Crippen MR) is 72.6 cm³/mol. The Kier molecular flexibility index (Phi) is 4.26. The molecule has 0 bridgehead atoms.